The lowest BCUT2D eigenvalue weighted by Gasteiger charge is -2.26. The van der Waals surface area contributed by atoms with Crippen molar-refractivity contribution in [3.63, 3.8) is 0 Å². The molecule has 1 aliphatic carbocycles. The first-order valence-electron chi connectivity index (χ1n) is 6.73. The Labute approximate surface area is 113 Å². The van der Waals surface area contributed by atoms with Gasteiger partial charge in [-0.1, -0.05) is 6.07 Å². The van der Waals surface area contributed by atoms with Crippen molar-refractivity contribution in [3.05, 3.63) is 35.1 Å². The van der Waals surface area contributed by atoms with Gasteiger partial charge in [0.1, 0.15) is 5.82 Å². The van der Waals surface area contributed by atoms with Crippen LogP contribution < -0.4 is 0 Å². The maximum absolute atomic E-state index is 13.6. The second kappa shape index (κ2) is 5.70. The SMILES string of the molecule is CC(C)N(Cc1ccc(C(=O)O)c(F)c1)CC1CC1. The van der Waals surface area contributed by atoms with Crippen molar-refractivity contribution >= 4 is 5.97 Å². The van der Waals surface area contributed by atoms with Gasteiger partial charge in [-0.2, -0.15) is 0 Å². The Morgan fingerprint density at radius 1 is 1.47 bits per heavy atom. The van der Waals surface area contributed by atoms with Crippen LogP contribution in [0.15, 0.2) is 18.2 Å². The molecule has 1 aromatic carbocycles. The van der Waals surface area contributed by atoms with Crippen LogP contribution in [0.2, 0.25) is 0 Å². The third kappa shape index (κ3) is 3.77. The molecule has 0 radical (unpaired) electrons. The van der Waals surface area contributed by atoms with Crippen molar-refractivity contribution in [3.8, 4) is 0 Å². The highest BCUT2D eigenvalue weighted by Gasteiger charge is 2.25. The Morgan fingerprint density at radius 2 is 2.16 bits per heavy atom. The molecule has 0 heterocycles. The Morgan fingerprint density at radius 3 is 2.63 bits per heavy atom. The smallest absolute Gasteiger partial charge is 0.338 e. The first kappa shape index (κ1) is 14.0. The van der Waals surface area contributed by atoms with E-state index in [1.807, 2.05) is 0 Å². The van der Waals surface area contributed by atoms with Gasteiger partial charge in [0, 0.05) is 19.1 Å². The van der Waals surface area contributed by atoms with E-state index in [-0.39, 0.29) is 5.56 Å². The summed E-state index contributed by atoms with van der Waals surface area (Å²) in [5.41, 5.74) is 0.568. The van der Waals surface area contributed by atoms with Gasteiger partial charge in [0.25, 0.3) is 0 Å². The van der Waals surface area contributed by atoms with Crippen LogP contribution in [0, 0.1) is 11.7 Å². The number of benzene rings is 1. The van der Waals surface area contributed by atoms with Crippen molar-refractivity contribution in [2.24, 2.45) is 5.92 Å². The van der Waals surface area contributed by atoms with Crippen molar-refractivity contribution in [1.29, 1.82) is 0 Å². The van der Waals surface area contributed by atoms with E-state index in [1.165, 1.54) is 25.0 Å². The summed E-state index contributed by atoms with van der Waals surface area (Å²) in [4.78, 5) is 13.1. The second-order valence-electron chi connectivity index (χ2n) is 5.59. The van der Waals surface area contributed by atoms with E-state index in [1.54, 1.807) is 6.07 Å². The average molecular weight is 265 g/mol. The Balaban J connectivity index is 2.07. The summed E-state index contributed by atoms with van der Waals surface area (Å²) >= 11 is 0. The van der Waals surface area contributed by atoms with Gasteiger partial charge in [0.2, 0.25) is 0 Å². The quantitative estimate of drug-likeness (QED) is 0.859. The molecule has 1 aromatic rings. The number of hydrogen-bond donors (Lipinski definition) is 1. The van der Waals surface area contributed by atoms with Gasteiger partial charge in [-0.05, 0) is 50.3 Å². The van der Waals surface area contributed by atoms with Crippen molar-refractivity contribution in [1.82, 2.24) is 4.90 Å². The molecule has 0 atom stereocenters. The summed E-state index contributed by atoms with van der Waals surface area (Å²) < 4.78 is 13.6. The van der Waals surface area contributed by atoms with Crippen molar-refractivity contribution in [2.75, 3.05) is 6.54 Å². The van der Waals surface area contributed by atoms with E-state index in [4.69, 9.17) is 5.11 Å². The number of carboxylic acids is 1. The van der Waals surface area contributed by atoms with E-state index in [0.29, 0.717) is 12.6 Å². The van der Waals surface area contributed by atoms with Gasteiger partial charge < -0.3 is 5.11 Å². The minimum Gasteiger partial charge on any atom is -0.478 e. The molecule has 1 saturated carbocycles. The highest BCUT2D eigenvalue weighted by atomic mass is 19.1. The van der Waals surface area contributed by atoms with Crippen LogP contribution in [0.25, 0.3) is 0 Å². The predicted octanol–water partition coefficient (Wildman–Crippen LogP) is 3.14. The number of hydrogen-bond acceptors (Lipinski definition) is 2. The molecule has 2 rings (SSSR count). The highest BCUT2D eigenvalue weighted by molar-refractivity contribution is 5.87. The molecule has 0 unspecified atom stereocenters. The van der Waals surface area contributed by atoms with Crippen molar-refractivity contribution in [2.45, 2.75) is 39.3 Å². The summed E-state index contributed by atoms with van der Waals surface area (Å²) in [5, 5.41) is 8.80. The molecule has 1 N–H and O–H groups in total. The van der Waals surface area contributed by atoms with E-state index in [2.05, 4.69) is 18.7 Å². The molecule has 19 heavy (non-hydrogen) atoms. The number of aromatic carboxylic acids is 1. The monoisotopic (exact) mass is 265 g/mol. The van der Waals surface area contributed by atoms with E-state index in [9.17, 15) is 9.18 Å². The molecular formula is C15H20FNO2. The zero-order chi connectivity index (χ0) is 14.0. The number of carboxylic acid groups (broad SMARTS) is 1. The normalized spacial score (nSPS) is 15.2. The van der Waals surface area contributed by atoms with Gasteiger partial charge >= 0.3 is 5.97 Å². The average Bonchev–Trinajstić information content (AvgIpc) is 3.11. The molecule has 0 bridgehead atoms. The first-order chi connectivity index (χ1) is 8.97. The first-order valence-corrected chi connectivity index (χ1v) is 6.73. The molecule has 0 amide bonds. The molecule has 0 spiro atoms. The lowest BCUT2D eigenvalue weighted by Crippen LogP contribution is -2.32. The van der Waals surface area contributed by atoms with E-state index < -0.39 is 11.8 Å². The molecule has 4 heteroatoms. The summed E-state index contributed by atoms with van der Waals surface area (Å²) in [6.07, 6.45) is 2.57. The number of carbonyl (C=O) groups is 1. The summed E-state index contributed by atoms with van der Waals surface area (Å²) in [6, 6.07) is 4.80. The molecule has 104 valence electrons. The van der Waals surface area contributed by atoms with Gasteiger partial charge in [0.15, 0.2) is 0 Å². The Kier molecular flexibility index (Phi) is 4.20. The zero-order valence-electron chi connectivity index (χ0n) is 11.4. The summed E-state index contributed by atoms with van der Waals surface area (Å²) in [5.74, 6) is -1.09. The van der Waals surface area contributed by atoms with Gasteiger partial charge in [0.05, 0.1) is 5.56 Å². The van der Waals surface area contributed by atoms with Gasteiger partial charge in [-0.15, -0.1) is 0 Å². The van der Waals surface area contributed by atoms with E-state index in [0.717, 1.165) is 18.0 Å². The van der Waals surface area contributed by atoms with E-state index >= 15 is 0 Å². The Hall–Kier alpha value is -1.42. The Bertz CT molecular complexity index is 469. The fourth-order valence-corrected chi connectivity index (χ4v) is 2.15. The topological polar surface area (TPSA) is 40.5 Å². The molecule has 0 saturated heterocycles. The standard InChI is InChI=1S/C15H20FNO2/c1-10(2)17(8-11-3-4-11)9-12-5-6-13(15(18)19)14(16)7-12/h5-7,10-11H,3-4,8-9H2,1-2H3,(H,18,19). The van der Waals surface area contributed by atoms with Crippen LogP contribution in [-0.4, -0.2) is 28.6 Å². The predicted molar refractivity (Wildman–Crippen MR) is 71.6 cm³/mol. The molecule has 3 nitrogen and oxygen atoms in total. The minimum absolute atomic E-state index is 0.262. The van der Waals surface area contributed by atoms with Crippen LogP contribution in [-0.2, 0) is 6.54 Å². The lowest BCUT2D eigenvalue weighted by atomic mass is 10.1. The fourth-order valence-electron chi connectivity index (χ4n) is 2.15. The van der Waals surface area contributed by atoms with Gasteiger partial charge in [-0.25, -0.2) is 9.18 Å². The number of nitrogens with zero attached hydrogens (tertiary/aromatic N) is 1. The summed E-state index contributed by atoms with van der Waals surface area (Å²) in [7, 11) is 0. The van der Waals surface area contributed by atoms with Crippen LogP contribution in [0.3, 0.4) is 0 Å². The number of halogens is 1. The highest BCUT2D eigenvalue weighted by Crippen LogP contribution is 2.30. The van der Waals surface area contributed by atoms with Crippen LogP contribution in [0.5, 0.6) is 0 Å². The zero-order valence-corrected chi connectivity index (χ0v) is 11.4. The third-order valence-electron chi connectivity index (χ3n) is 3.57. The molecule has 1 fully saturated rings. The van der Waals surface area contributed by atoms with Crippen LogP contribution in [0.1, 0.15) is 42.6 Å². The maximum Gasteiger partial charge on any atom is 0.338 e. The third-order valence-corrected chi connectivity index (χ3v) is 3.57. The molecule has 0 aliphatic heterocycles. The maximum atomic E-state index is 13.6. The number of rotatable bonds is 6. The second-order valence-corrected chi connectivity index (χ2v) is 5.59. The van der Waals surface area contributed by atoms with Crippen molar-refractivity contribution < 1.29 is 14.3 Å². The largest absolute Gasteiger partial charge is 0.478 e. The molecule has 0 aromatic heterocycles. The molecular weight excluding hydrogens is 245 g/mol. The van der Waals surface area contributed by atoms with Gasteiger partial charge in [-0.3, -0.25) is 4.90 Å². The molecule has 1 aliphatic rings. The minimum atomic E-state index is -1.22. The lowest BCUT2D eigenvalue weighted by molar-refractivity contribution is 0.0692. The summed E-state index contributed by atoms with van der Waals surface area (Å²) in [6.45, 7) is 5.97. The van der Waals surface area contributed by atoms with Crippen LogP contribution in [0.4, 0.5) is 4.39 Å². The fraction of sp³-hybridized carbons (Fsp3) is 0.533. The van der Waals surface area contributed by atoms with Crippen LogP contribution >= 0.6 is 0 Å².